The van der Waals surface area contributed by atoms with Crippen LogP contribution in [0.25, 0.3) is 11.4 Å². The Kier molecular flexibility index (Phi) is 4.28. The Labute approximate surface area is 141 Å². The molecule has 6 heteroatoms. The molecule has 24 heavy (non-hydrogen) atoms. The second-order valence-electron chi connectivity index (χ2n) is 7.00. The molecule has 2 aliphatic carbocycles. The molecule has 0 atom stereocenters. The molecule has 0 spiro atoms. The third kappa shape index (κ3) is 3.47. The van der Waals surface area contributed by atoms with E-state index in [1.807, 2.05) is 28.9 Å². The number of rotatable bonds is 6. The van der Waals surface area contributed by atoms with Gasteiger partial charge in [0.1, 0.15) is 0 Å². The van der Waals surface area contributed by atoms with Crippen LogP contribution >= 0.6 is 0 Å². The zero-order chi connectivity index (χ0) is 16.4. The summed E-state index contributed by atoms with van der Waals surface area (Å²) in [5.41, 5.74) is 1.76. The van der Waals surface area contributed by atoms with Crippen molar-refractivity contribution in [3.8, 4) is 11.4 Å². The highest BCUT2D eigenvalue weighted by atomic mass is 16.1. The molecule has 1 heterocycles. The number of carbonyl (C=O) groups is 1. The van der Waals surface area contributed by atoms with Crippen molar-refractivity contribution in [3.05, 3.63) is 24.3 Å². The maximum absolute atomic E-state index is 12.2. The molecule has 2 aromatic rings. The van der Waals surface area contributed by atoms with Crippen LogP contribution in [0.15, 0.2) is 24.3 Å². The summed E-state index contributed by atoms with van der Waals surface area (Å²) in [5.74, 6) is 1.62. The average molecular weight is 325 g/mol. The number of hydrogen-bond acceptors (Lipinski definition) is 4. The van der Waals surface area contributed by atoms with Crippen molar-refractivity contribution in [1.82, 2.24) is 20.2 Å². The van der Waals surface area contributed by atoms with E-state index in [4.69, 9.17) is 0 Å². The highest BCUT2D eigenvalue weighted by molar-refractivity contribution is 5.91. The minimum atomic E-state index is 0.0980. The van der Waals surface area contributed by atoms with Crippen LogP contribution in [0.5, 0.6) is 0 Å². The van der Waals surface area contributed by atoms with E-state index in [2.05, 4.69) is 20.8 Å². The number of aromatic nitrogens is 4. The van der Waals surface area contributed by atoms with E-state index < -0.39 is 0 Å². The van der Waals surface area contributed by atoms with Crippen molar-refractivity contribution in [1.29, 1.82) is 0 Å². The standard InChI is InChI=1S/C18H23N5O/c24-17(11-8-13-4-1-2-5-13)19-15-7-3-6-14(12-15)18-20-21-22-23(18)16-9-10-16/h3,6-7,12-13,16H,1-2,4-5,8-11H2,(H,19,24). The van der Waals surface area contributed by atoms with Gasteiger partial charge < -0.3 is 5.32 Å². The fourth-order valence-corrected chi connectivity index (χ4v) is 3.54. The Morgan fingerprint density at radius 1 is 1.21 bits per heavy atom. The van der Waals surface area contributed by atoms with Gasteiger partial charge in [-0.25, -0.2) is 4.68 Å². The Morgan fingerprint density at radius 3 is 2.83 bits per heavy atom. The molecule has 0 unspecified atom stereocenters. The van der Waals surface area contributed by atoms with Crippen molar-refractivity contribution < 1.29 is 4.79 Å². The van der Waals surface area contributed by atoms with E-state index in [0.29, 0.717) is 12.5 Å². The third-order valence-electron chi connectivity index (χ3n) is 5.04. The van der Waals surface area contributed by atoms with Crippen molar-refractivity contribution in [2.75, 3.05) is 5.32 Å². The number of tetrazole rings is 1. The molecule has 1 amide bonds. The van der Waals surface area contributed by atoms with Gasteiger partial charge in [-0.2, -0.15) is 0 Å². The molecule has 0 bridgehead atoms. The summed E-state index contributed by atoms with van der Waals surface area (Å²) < 4.78 is 1.89. The lowest BCUT2D eigenvalue weighted by Crippen LogP contribution is -2.12. The SMILES string of the molecule is O=C(CCC1CCCC1)Nc1cccc(-c2nnnn2C2CC2)c1. The summed E-state index contributed by atoms with van der Waals surface area (Å²) in [6, 6.07) is 8.23. The summed E-state index contributed by atoms with van der Waals surface area (Å²) >= 11 is 0. The lowest BCUT2D eigenvalue weighted by atomic mass is 10.0. The molecule has 1 N–H and O–H groups in total. The van der Waals surface area contributed by atoms with Crippen molar-refractivity contribution in [3.63, 3.8) is 0 Å². The predicted octanol–water partition coefficient (Wildman–Crippen LogP) is 3.58. The maximum Gasteiger partial charge on any atom is 0.224 e. The molecular weight excluding hydrogens is 302 g/mol. The molecule has 126 valence electrons. The minimum Gasteiger partial charge on any atom is -0.326 e. The number of nitrogens with zero attached hydrogens (tertiary/aromatic N) is 4. The molecule has 2 fully saturated rings. The van der Waals surface area contributed by atoms with Gasteiger partial charge >= 0.3 is 0 Å². The van der Waals surface area contributed by atoms with Crippen LogP contribution in [-0.2, 0) is 4.79 Å². The molecule has 6 nitrogen and oxygen atoms in total. The van der Waals surface area contributed by atoms with Crippen LogP contribution in [-0.4, -0.2) is 26.1 Å². The van der Waals surface area contributed by atoms with Gasteiger partial charge in [0.15, 0.2) is 5.82 Å². The lowest BCUT2D eigenvalue weighted by molar-refractivity contribution is -0.116. The molecule has 2 aliphatic rings. The van der Waals surface area contributed by atoms with Crippen molar-refractivity contribution in [2.45, 2.75) is 57.4 Å². The molecule has 4 rings (SSSR count). The summed E-state index contributed by atoms with van der Waals surface area (Å²) in [6.45, 7) is 0. The Hall–Kier alpha value is -2.24. The third-order valence-corrected chi connectivity index (χ3v) is 5.04. The van der Waals surface area contributed by atoms with Crippen LogP contribution in [0.3, 0.4) is 0 Å². The molecule has 0 saturated heterocycles. The second kappa shape index (κ2) is 6.71. The van der Waals surface area contributed by atoms with Gasteiger partial charge in [-0.05, 0) is 47.7 Å². The largest absolute Gasteiger partial charge is 0.326 e. The Bertz CT molecular complexity index is 716. The van der Waals surface area contributed by atoms with E-state index in [0.717, 1.165) is 42.3 Å². The normalized spacial score (nSPS) is 18.0. The van der Waals surface area contributed by atoms with Gasteiger partial charge in [-0.15, -0.1) is 5.10 Å². The summed E-state index contributed by atoms with van der Waals surface area (Å²) in [6.07, 6.45) is 9.10. The van der Waals surface area contributed by atoms with Crippen LogP contribution < -0.4 is 5.32 Å². The van der Waals surface area contributed by atoms with Gasteiger partial charge in [-0.1, -0.05) is 37.8 Å². The second-order valence-corrected chi connectivity index (χ2v) is 7.00. The molecule has 1 aromatic carbocycles. The van der Waals surface area contributed by atoms with E-state index in [-0.39, 0.29) is 5.91 Å². The fraction of sp³-hybridized carbons (Fsp3) is 0.556. The van der Waals surface area contributed by atoms with Crippen molar-refractivity contribution >= 4 is 11.6 Å². The lowest BCUT2D eigenvalue weighted by Gasteiger charge is -2.10. The van der Waals surface area contributed by atoms with Gasteiger partial charge in [0.2, 0.25) is 5.91 Å². The number of nitrogens with one attached hydrogen (secondary N) is 1. The van der Waals surface area contributed by atoms with E-state index >= 15 is 0 Å². The molecule has 2 saturated carbocycles. The molecule has 0 aliphatic heterocycles. The number of carbonyl (C=O) groups excluding carboxylic acids is 1. The maximum atomic E-state index is 12.2. The van der Waals surface area contributed by atoms with Gasteiger partial charge in [0.25, 0.3) is 0 Å². The zero-order valence-corrected chi connectivity index (χ0v) is 13.8. The first-order valence-electron chi connectivity index (χ1n) is 8.98. The van der Waals surface area contributed by atoms with Crippen LogP contribution in [0.1, 0.15) is 57.4 Å². The first-order chi connectivity index (χ1) is 11.8. The zero-order valence-electron chi connectivity index (χ0n) is 13.8. The predicted molar refractivity (Wildman–Crippen MR) is 91.3 cm³/mol. The number of amides is 1. The van der Waals surface area contributed by atoms with Crippen LogP contribution in [0.2, 0.25) is 0 Å². The quantitative estimate of drug-likeness (QED) is 0.881. The molecular formula is C18H23N5O. The molecule has 1 aromatic heterocycles. The number of benzene rings is 1. The van der Waals surface area contributed by atoms with Crippen LogP contribution in [0, 0.1) is 5.92 Å². The fourth-order valence-electron chi connectivity index (χ4n) is 3.54. The number of hydrogen-bond donors (Lipinski definition) is 1. The summed E-state index contributed by atoms with van der Waals surface area (Å²) in [7, 11) is 0. The highest BCUT2D eigenvalue weighted by Gasteiger charge is 2.28. The first-order valence-corrected chi connectivity index (χ1v) is 8.98. The Balaban J connectivity index is 1.40. The van der Waals surface area contributed by atoms with Gasteiger partial charge in [-0.3, -0.25) is 4.79 Å². The van der Waals surface area contributed by atoms with E-state index in [1.165, 1.54) is 25.7 Å². The van der Waals surface area contributed by atoms with Gasteiger partial charge in [0, 0.05) is 17.7 Å². The average Bonchev–Trinajstić information content (AvgIpc) is 3.11. The van der Waals surface area contributed by atoms with Gasteiger partial charge in [0.05, 0.1) is 6.04 Å². The summed E-state index contributed by atoms with van der Waals surface area (Å²) in [4.78, 5) is 12.2. The summed E-state index contributed by atoms with van der Waals surface area (Å²) in [5, 5.41) is 15.0. The highest BCUT2D eigenvalue weighted by Crippen LogP contribution is 2.36. The topological polar surface area (TPSA) is 72.7 Å². The minimum absolute atomic E-state index is 0.0980. The van der Waals surface area contributed by atoms with Crippen molar-refractivity contribution in [2.24, 2.45) is 5.92 Å². The Morgan fingerprint density at radius 2 is 2.04 bits per heavy atom. The molecule has 0 radical (unpaired) electrons. The first kappa shape index (κ1) is 15.3. The van der Waals surface area contributed by atoms with E-state index in [9.17, 15) is 4.79 Å². The monoisotopic (exact) mass is 325 g/mol. The van der Waals surface area contributed by atoms with E-state index in [1.54, 1.807) is 0 Å². The number of anilines is 1. The smallest absolute Gasteiger partial charge is 0.224 e. The van der Waals surface area contributed by atoms with Crippen LogP contribution in [0.4, 0.5) is 5.69 Å².